The predicted octanol–water partition coefficient (Wildman–Crippen LogP) is 2.42. The quantitative estimate of drug-likeness (QED) is 0.828. The maximum atomic E-state index is 10.1. The Bertz CT molecular complexity index is 318. The van der Waals surface area contributed by atoms with Gasteiger partial charge in [-0.15, -0.1) is 11.3 Å². The van der Waals surface area contributed by atoms with E-state index in [4.69, 9.17) is 0 Å². The van der Waals surface area contributed by atoms with Gasteiger partial charge in [0.1, 0.15) is 0 Å². The lowest BCUT2D eigenvalue weighted by atomic mass is 10.0. The van der Waals surface area contributed by atoms with Crippen molar-refractivity contribution in [3.8, 4) is 0 Å². The molecule has 1 aliphatic rings. The first-order valence-corrected chi connectivity index (χ1v) is 6.50. The van der Waals surface area contributed by atoms with Crippen molar-refractivity contribution >= 4 is 16.5 Å². The summed E-state index contributed by atoms with van der Waals surface area (Å²) in [5.74, 6) is 0. The fraction of sp³-hybridized carbons (Fsp3) is 0.727. The van der Waals surface area contributed by atoms with Crippen LogP contribution in [0.1, 0.15) is 38.3 Å². The summed E-state index contributed by atoms with van der Waals surface area (Å²) in [6.45, 7) is 2.74. The zero-order valence-electron chi connectivity index (χ0n) is 9.12. The molecule has 1 fully saturated rings. The predicted molar refractivity (Wildman–Crippen MR) is 63.4 cm³/mol. The highest BCUT2D eigenvalue weighted by Crippen LogP contribution is 2.29. The molecule has 3 nitrogen and oxygen atoms in total. The molecule has 0 atom stereocenters. The number of hydrogen-bond acceptors (Lipinski definition) is 4. The zero-order valence-corrected chi connectivity index (χ0v) is 9.94. The molecular formula is C11H18N2OS. The van der Waals surface area contributed by atoms with E-state index in [0.717, 1.165) is 42.9 Å². The first kappa shape index (κ1) is 10.9. The molecule has 15 heavy (non-hydrogen) atoms. The van der Waals surface area contributed by atoms with Gasteiger partial charge in [0, 0.05) is 11.9 Å². The van der Waals surface area contributed by atoms with E-state index in [9.17, 15) is 5.11 Å². The molecule has 1 aromatic rings. The van der Waals surface area contributed by atoms with Crippen molar-refractivity contribution in [1.82, 2.24) is 4.98 Å². The second-order valence-electron chi connectivity index (χ2n) is 4.28. The number of hydrogen-bond donors (Lipinski definition) is 2. The number of aliphatic hydroxyl groups is 1. The summed E-state index contributed by atoms with van der Waals surface area (Å²) in [6.07, 6.45) is 5.12. The van der Waals surface area contributed by atoms with Crippen molar-refractivity contribution < 1.29 is 5.11 Å². The van der Waals surface area contributed by atoms with E-state index < -0.39 is 5.60 Å². The zero-order chi connectivity index (χ0) is 10.7. The van der Waals surface area contributed by atoms with Crippen molar-refractivity contribution in [2.45, 2.75) is 44.6 Å². The lowest BCUT2D eigenvalue weighted by Gasteiger charge is -2.21. The third-order valence-electron chi connectivity index (χ3n) is 3.02. The van der Waals surface area contributed by atoms with Gasteiger partial charge in [-0.1, -0.05) is 19.8 Å². The Balaban J connectivity index is 1.87. The van der Waals surface area contributed by atoms with Crippen molar-refractivity contribution in [2.24, 2.45) is 0 Å². The summed E-state index contributed by atoms with van der Waals surface area (Å²) in [6, 6.07) is 0. The van der Waals surface area contributed by atoms with E-state index in [1.807, 2.05) is 0 Å². The second kappa shape index (κ2) is 4.49. The van der Waals surface area contributed by atoms with Crippen molar-refractivity contribution in [2.75, 3.05) is 11.9 Å². The molecule has 0 bridgehead atoms. The van der Waals surface area contributed by atoms with E-state index in [2.05, 4.69) is 22.6 Å². The summed E-state index contributed by atoms with van der Waals surface area (Å²) in [4.78, 5) is 4.42. The van der Waals surface area contributed by atoms with Gasteiger partial charge in [0.25, 0.3) is 0 Å². The normalized spacial score (nSPS) is 19.3. The van der Waals surface area contributed by atoms with Gasteiger partial charge in [-0.3, -0.25) is 0 Å². The van der Waals surface area contributed by atoms with E-state index in [-0.39, 0.29) is 0 Å². The molecule has 0 radical (unpaired) electrons. The Morgan fingerprint density at radius 2 is 2.27 bits per heavy atom. The highest BCUT2D eigenvalue weighted by atomic mass is 32.1. The third-order valence-corrected chi connectivity index (χ3v) is 3.87. The van der Waals surface area contributed by atoms with E-state index >= 15 is 0 Å². The lowest BCUT2D eigenvalue weighted by molar-refractivity contribution is 0.0614. The molecule has 0 saturated heterocycles. The Kier molecular flexibility index (Phi) is 3.26. The van der Waals surface area contributed by atoms with Crippen LogP contribution in [0.15, 0.2) is 5.38 Å². The highest BCUT2D eigenvalue weighted by Gasteiger charge is 2.30. The van der Waals surface area contributed by atoms with E-state index in [0.29, 0.717) is 6.54 Å². The Labute approximate surface area is 94.5 Å². The van der Waals surface area contributed by atoms with Crippen molar-refractivity contribution in [3.05, 3.63) is 11.1 Å². The van der Waals surface area contributed by atoms with Gasteiger partial charge in [0.2, 0.25) is 0 Å². The molecule has 1 saturated carbocycles. The third kappa shape index (κ3) is 2.69. The number of rotatable bonds is 4. The van der Waals surface area contributed by atoms with Gasteiger partial charge < -0.3 is 10.4 Å². The molecule has 2 rings (SSSR count). The lowest BCUT2D eigenvalue weighted by Crippen LogP contribution is -2.33. The minimum atomic E-state index is -0.488. The SMILES string of the molecule is CCc1csc(NCC2(O)CCCC2)n1. The van der Waals surface area contributed by atoms with Gasteiger partial charge >= 0.3 is 0 Å². The van der Waals surface area contributed by atoms with Crippen LogP contribution in [0.25, 0.3) is 0 Å². The number of aryl methyl sites for hydroxylation is 1. The minimum absolute atomic E-state index is 0.488. The smallest absolute Gasteiger partial charge is 0.182 e. The fourth-order valence-corrected chi connectivity index (χ4v) is 2.79. The summed E-state index contributed by atoms with van der Waals surface area (Å²) in [7, 11) is 0. The van der Waals surface area contributed by atoms with Gasteiger partial charge in [-0.25, -0.2) is 4.98 Å². The van der Waals surface area contributed by atoms with Gasteiger partial charge in [-0.2, -0.15) is 0 Å². The average molecular weight is 226 g/mol. The van der Waals surface area contributed by atoms with Crippen LogP contribution in [0.5, 0.6) is 0 Å². The Hall–Kier alpha value is -0.610. The Morgan fingerprint density at radius 3 is 2.87 bits per heavy atom. The first-order chi connectivity index (χ1) is 7.22. The summed E-state index contributed by atoms with van der Waals surface area (Å²) < 4.78 is 0. The van der Waals surface area contributed by atoms with Crippen LogP contribution in [-0.2, 0) is 6.42 Å². The molecule has 0 unspecified atom stereocenters. The molecule has 1 aliphatic carbocycles. The number of anilines is 1. The number of nitrogens with one attached hydrogen (secondary N) is 1. The molecule has 0 spiro atoms. The molecule has 0 amide bonds. The van der Waals surface area contributed by atoms with Gasteiger partial charge in [-0.05, 0) is 19.3 Å². The number of aromatic nitrogens is 1. The van der Waals surface area contributed by atoms with Crippen LogP contribution < -0.4 is 5.32 Å². The molecular weight excluding hydrogens is 208 g/mol. The fourth-order valence-electron chi connectivity index (χ4n) is 2.00. The summed E-state index contributed by atoms with van der Waals surface area (Å²) in [5, 5.41) is 16.4. The molecule has 1 aromatic heterocycles. The standard InChI is InChI=1S/C11H18N2OS/c1-2-9-7-15-10(13-9)12-8-11(14)5-3-4-6-11/h7,14H,2-6,8H2,1H3,(H,12,13). The average Bonchev–Trinajstić information content (AvgIpc) is 2.84. The van der Waals surface area contributed by atoms with Crippen LogP contribution in [-0.4, -0.2) is 22.2 Å². The monoisotopic (exact) mass is 226 g/mol. The topological polar surface area (TPSA) is 45.1 Å². The molecule has 4 heteroatoms. The van der Waals surface area contributed by atoms with Gasteiger partial charge in [0.15, 0.2) is 5.13 Å². The first-order valence-electron chi connectivity index (χ1n) is 5.62. The van der Waals surface area contributed by atoms with Crippen LogP contribution in [0, 0.1) is 0 Å². The molecule has 0 aromatic carbocycles. The largest absolute Gasteiger partial charge is 0.388 e. The van der Waals surface area contributed by atoms with Crippen LogP contribution in [0.3, 0.4) is 0 Å². The maximum absolute atomic E-state index is 10.1. The summed E-state index contributed by atoms with van der Waals surface area (Å²) >= 11 is 1.62. The van der Waals surface area contributed by atoms with Crippen molar-refractivity contribution in [1.29, 1.82) is 0 Å². The number of thiazole rings is 1. The van der Waals surface area contributed by atoms with Crippen molar-refractivity contribution in [3.63, 3.8) is 0 Å². The molecule has 0 aliphatic heterocycles. The summed E-state index contributed by atoms with van der Waals surface area (Å²) in [5.41, 5.74) is 0.638. The molecule has 1 heterocycles. The number of nitrogens with zero attached hydrogens (tertiary/aromatic N) is 1. The minimum Gasteiger partial charge on any atom is -0.388 e. The highest BCUT2D eigenvalue weighted by molar-refractivity contribution is 7.13. The maximum Gasteiger partial charge on any atom is 0.182 e. The van der Waals surface area contributed by atoms with E-state index in [1.165, 1.54) is 0 Å². The second-order valence-corrected chi connectivity index (χ2v) is 5.14. The van der Waals surface area contributed by atoms with E-state index in [1.54, 1.807) is 11.3 Å². The van der Waals surface area contributed by atoms with Gasteiger partial charge in [0.05, 0.1) is 11.3 Å². The van der Waals surface area contributed by atoms with Crippen LogP contribution in [0.4, 0.5) is 5.13 Å². The van der Waals surface area contributed by atoms with Crippen LogP contribution in [0.2, 0.25) is 0 Å². The van der Waals surface area contributed by atoms with Crippen LogP contribution >= 0.6 is 11.3 Å². The Morgan fingerprint density at radius 1 is 1.53 bits per heavy atom. The molecule has 84 valence electrons. The molecule has 2 N–H and O–H groups in total.